The molecule has 0 aliphatic rings. The fraction of sp³-hybridized carbons (Fsp3) is 0.786. The van der Waals surface area contributed by atoms with Gasteiger partial charge in [0.15, 0.2) is 0 Å². The van der Waals surface area contributed by atoms with Crippen LogP contribution in [0.25, 0.3) is 0 Å². The molecule has 1 unspecified atom stereocenters. The van der Waals surface area contributed by atoms with E-state index in [0.29, 0.717) is 5.92 Å². The van der Waals surface area contributed by atoms with Crippen molar-refractivity contribution in [2.24, 2.45) is 11.3 Å². The molecule has 0 spiro atoms. The number of hydrogen-bond acceptors (Lipinski definition) is 1. The van der Waals surface area contributed by atoms with Crippen LogP contribution in [0, 0.1) is 11.3 Å². The summed E-state index contributed by atoms with van der Waals surface area (Å²) in [5, 5.41) is 0. The largest absolute Gasteiger partial charge is 0.303 e. The second-order valence-corrected chi connectivity index (χ2v) is 5.05. The third kappa shape index (κ3) is 6.48. The zero-order valence-corrected chi connectivity index (χ0v) is 10.8. The molecule has 0 rings (SSSR count). The van der Waals surface area contributed by atoms with E-state index in [9.17, 15) is 4.79 Å². The lowest BCUT2D eigenvalue weighted by atomic mass is 9.78. The van der Waals surface area contributed by atoms with E-state index in [1.165, 1.54) is 32.1 Å². The number of allylic oxidation sites excluding steroid dienone is 2. The van der Waals surface area contributed by atoms with Gasteiger partial charge in [-0.05, 0) is 32.1 Å². The number of hydrogen-bond donors (Lipinski definition) is 0. The second kappa shape index (κ2) is 7.67. The van der Waals surface area contributed by atoms with E-state index < -0.39 is 0 Å². The molecule has 0 aliphatic heterocycles. The Kier molecular flexibility index (Phi) is 7.37. The molecule has 0 bridgehead atoms. The Labute approximate surface area is 95.0 Å². The Balaban J connectivity index is 3.55. The molecule has 0 amide bonds. The van der Waals surface area contributed by atoms with Gasteiger partial charge in [-0.2, -0.15) is 0 Å². The molecule has 0 aliphatic carbocycles. The quantitative estimate of drug-likeness (QED) is 0.330. The monoisotopic (exact) mass is 210 g/mol. The first-order chi connectivity index (χ1) is 7.04. The van der Waals surface area contributed by atoms with Gasteiger partial charge in [0.2, 0.25) is 0 Å². The summed E-state index contributed by atoms with van der Waals surface area (Å²) in [5.41, 5.74) is -0.149. The van der Waals surface area contributed by atoms with E-state index >= 15 is 0 Å². The molecule has 0 aromatic carbocycles. The van der Waals surface area contributed by atoms with Crippen LogP contribution in [0.5, 0.6) is 0 Å². The van der Waals surface area contributed by atoms with Gasteiger partial charge < -0.3 is 4.79 Å². The van der Waals surface area contributed by atoms with Crippen LogP contribution in [0.4, 0.5) is 0 Å². The summed E-state index contributed by atoms with van der Waals surface area (Å²) in [6.45, 7) is 8.31. The smallest absolute Gasteiger partial charge is 0.125 e. The van der Waals surface area contributed by atoms with Gasteiger partial charge in [-0.1, -0.05) is 45.8 Å². The van der Waals surface area contributed by atoms with Gasteiger partial charge in [0.05, 0.1) is 0 Å². The van der Waals surface area contributed by atoms with Crippen LogP contribution < -0.4 is 0 Å². The van der Waals surface area contributed by atoms with E-state index in [1.54, 1.807) is 0 Å². The predicted octanol–water partition coefficient (Wildman–Crippen LogP) is 4.37. The van der Waals surface area contributed by atoms with Gasteiger partial charge in [-0.25, -0.2) is 0 Å². The Morgan fingerprint density at radius 2 is 1.87 bits per heavy atom. The minimum atomic E-state index is -0.149. The molecular formula is C14H26O. The Morgan fingerprint density at radius 3 is 2.40 bits per heavy atom. The molecule has 0 fully saturated rings. The highest BCUT2D eigenvalue weighted by Crippen LogP contribution is 2.28. The summed E-state index contributed by atoms with van der Waals surface area (Å²) in [5.74, 6) is 0.497. The summed E-state index contributed by atoms with van der Waals surface area (Å²) in [6, 6.07) is 0. The van der Waals surface area contributed by atoms with Crippen molar-refractivity contribution < 1.29 is 4.79 Å². The van der Waals surface area contributed by atoms with Crippen molar-refractivity contribution >= 4 is 6.29 Å². The van der Waals surface area contributed by atoms with Gasteiger partial charge in [0.1, 0.15) is 6.29 Å². The van der Waals surface area contributed by atoms with Crippen molar-refractivity contribution in [3.05, 3.63) is 12.2 Å². The number of carbonyl (C=O) groups excluding carboxylic acids is 1. The van der Waals surface area contributed by atoms with Crippen LogP contribution in [0.15, 0.2) is 12.2 Å². The summed E-state index contributed by atoms with van der Waals surface area (Å²) in [7, 11) is 0. The number of unbranched alkanes of at least 4 members (excludes halogenated alkanes) is 3. The third-order valence-electron chi connectivity index (χ3n) is 3.32. The minimum absolute atomic E-state index is 0.149. The molecule has 0 radical (unpaired) electrons. The zero-order valence-electron chi connectivity index (χ0n) is 10.8. The van der Waals surface area contributed by atoms with Crippen molar-refractivity contribution in [1.82, 2.24) is 0 Å². The highest BCUT2D eigenvalue weighted by Gasteiger charge is 2.24. The maximum absolute atomic E-state index is 10.8. The molecule has 1 nitrogen and oxygen atoms in total. The lowest BCUT2D eigenvalue weighted by Gasteiger charge is -2.25. The molecule has 1 heteroatoms. The van der Waals surface area contributed by atoms with Gasteiger partial charge >= 0.3 is 0 Å². The summed E-state index contributed by atoms with van der Waals surface area (Å²) in [4.78, 5) is 10.8. The average Bonchev–Trinajstić information content (AvgIpc) is 2.22. The molecule has 0 aromatic rings. The van der Waals surface area contributed by atoms with Crippen LogP contribution in [0.1, 0.15) is 59.8 Å². The van der Waals surface area contributed by atoms with Gasteiger partial charge in [0.25, 0.3) is 0 Å². The summed E-state index contributed by atoms with van der Waals surface area (Å²) >= 11 is 0. The van der Waals surface area contributed by atoms with Gasteiger partial charge in [-0.15, -0.1) is 0 Å². The molecule has 0 aromatic heterocycles. The topological polar surface area (TPSA) is 17.1 Å². The molecule has 0 heterocycles. The van der Waals surface area contributed by atoms with Crippen LogP contribution >= 0.6 is 0 Å². The highest BCUT2D eigenvalue weighted by molar-refractivity contribution is 5.58. The minimum Gasteiger partial charge on any atom is -0.303 e. The van der Waals surface area contributed by atoms with Crippen molar-refractivity contribution in [2.45, 2.75) is 59.8 Å². The van der Waals surface area contributed by atoms with Crippen molar-refractivity contribution in [1.29, 1.82) is 0 Å². The van der Waals surface area contributed by atoms with Crippen LogP contribution in [0.3, 0.4) is 0 Å². The van der Waals surface area contributed by atoms with Crippen molar-refractivity contribution in [3.63, 3.8) is 0 Å². The van der Waals surface area contributed by atoms with Gasteiger partial charge in [-0.3, -0.25) is 0 Å². The van der Waals surface area contributed by atoms with Crippen LogP contribution in [-0.2, 0) is 4.79 Å². The molecule has 0 saturated carbocycles. The van der Waals surface area contributed by atoms with E-state index in [2.05, 4.69) is 26.0 Å². The third-order valence-corrected chi connectivity index (χ3v) is 3.32. The number of carbonyl (C=O) groups is 1. The Hall–Kier alpha value is -0.590. The average molecular weight is 210 g/mol. The summed E-state index contributed by atoms with van der Waals surface area (Å²) < 4.78 is 0. The number of rotatable bonds is 8. The zero-order chi connectivity index (χ0) is 11.7. The molecule has 1 atom stereocenters. The van der Waals surface area contributed by atoms with E-state index in [0.717, 1.165) is 6.29 Å². The predicted molar refractivity (Wildman–Crippen MR) is 66.9 cm³/mol. The SMILES string of the molecule is C/C=C/CCCCCC(C)C(C)(C)C=O. The molecular weight excluding hydrogens is 184 g/mol. The maximum atomic E-state index is 10.8. The molecule has 15 heavy (non-hydrogen) atoms. The lowest BCUT2D eigenvalue weighted by molar-refractivity contribution is -0.116. The van der Waals surface area contributed by atoms with E-state index in [4.69, 9.17) is 0 Å². The Bertz CT molecular complexity index is 192. The molecule has 0 saturated heterocycles. The fourth-order valence-corrected chi connectivity index (χ4v) is 1.54. The maximum Gasteiger partial charge on any atom is 0.125 e. The Morgan fingerprint density at radius 1 is 1.20 bits per heavy atom. The van der Waals surface area contributed by atoms with E-state index in [-0.39, 0.29) is 5.41 Å². The van der Waals surface area contributed by atoms with Crippen LogP contribution in [-0.4, -0.2) is 6.29 Å². The summed E-state index contributed by atoms with van der Waals surface area (Å²) in [6.07, 6.45) is 11.6. The normalized spacial score (nSPS) is 14.4. The van der Waals surface area contributed by atoms with Crippen molar-refractivity contribution in [3.8, 4) is 0 Å². The molecule has 88 valence electrons. The first-order valence-electron chi connectivity index (χ1n) is 6.12. The van der Waals surface area contributed by atoms with Gasteiger partial charge in [0, 0.05) is 5.41 Å². The number of aldehydes is 1. The standard InChI is InChI=1S/C14H26O/c1-5-6-7-8-9-10-11-13(2)14(3,4)12-15/h5-6,12-13H,7-11H2,1-4H3/b6-5+. The highest BCUT2D eigenvalue weighted by atomic mass is 16.1. The van der Waals surface area contributed by atoms with Crippen molar-refractivity contribution in [2.75, 3.05) is 0 Å². The second-order valence-electron chi connectivity index (χ2n) is 5.05. The first-order valence-corrected chi connectivity index (χ1v) is 6.12. The molecule has 0 N–H and O–H groups in total. The van der Waals surface area contributed by atoms with Crippen LogP contribution in [0.2, 0.25) is 0 Å². The fourth-order valence-electron chi connectivity index (χ4n) is 1.54. The lowest BCUT2D eigenvalue weighted by Crippen LogP contribution is -2.22. The van der Waals surface area contributed by atoms with E-state index in [1.807, 2.05) is 13.8 Å². The first kappa shape index (κ1) is 14.4.